The van der Waals surface area contributed by atoms with Gasteiger partial charge in [0.1, 0.15) is 0 Å². The molecule has 22 heavy (non-hydrogen) atoms. The molecular weight excluding hydrogens is 272 g/mol. The van der Waals surface area contributed by atoms with Crippen molar-refractivity contribution in [2.75, 3.05) is 13.2 Å². The Morgan fingerprint density at radius 3 is 2.23 bits per heavy atom. The van der Waals surface area contributed by atoms with Crippen LogP contribution in [0.15, 0.2) is 67.2 Å². The van der Waals surface area contributed by atoms with Gasteiger partial charge in [0.25, 0.3) is 0 Å². The van der Waals surface area contributed by atoms with Crippen LogP contribution in [0.1, 0.15) is 38.2 Å². The van der Waals surface area contributed by atoms with Gasteiger partial charge < -0.3 is 9.47 Å². The maximum Gasteiger partial charge on any atom is 0.0971 e. The van der Waals surface area contributed by atoms with E-state index in [1.165, 1.54) is 5.56 Å². The van der Waals surface area contributed by atoms with Crippen molar-refractivity contribution in [3.63, 3.8) is 0 Å². The maximum atomic E-state index is 5.79. The lowest BCUT2D eigenvalue weighted by Gasteiger charge is -2.41. The first-order valence-corrected chi connectivity index (χ1v) is 7.98. The van der Waals surface area contributed by atoms with Crippen LogP contribution >= 0.6 is 0 Å². The Hall–Kier alpha value is -1.96. The van der Waals surface area contributed by atoms with Crippen molar-refractivity contribution in [2.45, 2.75) is 32.6 Å². The summed E-state index contributed by atoms with van der Waals surface area (Å²) in [6, 6.07) is 10.7. The van der Waals surface area contributed by atoms with E-state index in [2.05, 4.69) is 42.5 Å². The van der Waals surface area contributed by atoms with Crippen molar-refractivity contribution in [1.82, 2.24) is 0 Å². The molecule has 1 aromatic rings. The normalized spacial score (nSPS) is 24.9. The molecule has 1 aliphatic rings. The fourth-order valence-electron chi connectivity index (χ4n) is 3.10. The van der Waals surface area contributed by atoms with Crippen molar-refractivity contribution in [3.8, 4) is 0 Å². The number of benzene rings is 1. The zero-order valence-electron chi connectivity index (χ0n) is 13.6. The van der Waals surface area contributed by atoms with Crippen molar-refractivity contribution in [3.05, 3.63) is 72.7 Å². The quantitative estimate of drug-likeness (QED) is 0.508. The third-order valence-corrected chi connectivity index (χ3v) is 4.21. The fraction of sp³-hybridized carbons (Fsp3) is 0.400. The molecule has 0 saturated carbocycles. The highest BCUT2D eigenvalue weighted by atomic mass is 16.5. The van der Waals surface area contributed by atoms with E-state index >= 15 is 0 Å². The van der Waals surface area contributed by atoms with E-state index in [1.54, 1.807) is 12.5 Å². The Kier molecular flexibility index (Phi) is 6.32. The fourth-order valence-corrected chi connectivity index (χ4v) is 3.10. The minimum atomic E-state index is -0.0326. The smallest absolute Gasteiger partial charge is 0.0971 e. The van der Waals surface area contributed by atoms with Gasteiger partial charge in [-0.15, -0.1) is 0 Å². The first-order valence-electron chi connectivity index (χ1n) is 7.98. The van der Waals surface area contributed by atoms with Gasteiger partial charge in [0, 0.05) is 5.41 Å². The SMILES string of the molecule is CC=COCC1(COC=CC)CC=CCC1c1ccccc1. The molecule has 2 heteroatoms. The molecule has 0 spiro atoms. The monoisotopic (exact) mass is 298 g/mol. The molecule has 1 atom stereocenters. The first kappa shape index (κ1) is 16.4. The van der Waals surface area contributed by atoms with Crippen molar-refractivity contribution in [2.24, 2.45) is 5.41 Å². The predicted molar refractivity (Wildman–Crippen MR) is 91.5 cm³/mol. The third-order valence-electron chi connectivity index (χ3n) is 4.21. The van der Waals surface area contributed by atoms with Crippen molar-refractivity contribution < 1.29 is 9.47 Å². The molecule has 0 radical (unpaired) electrons. The highest BCUT2D eigenvalue weighted by Gasteiger charge is 2.41. The van der Waals surface area contributed by atoms with Crippen LogP contribution in [0.4, 0.5) is 0 Å². The van der Waals surface area contributed by atoms with E-state index in [0.29, 0.717) is 19.1 Å². The molecule has 118 valence electrons. The molecule has 0 aromatic heterocycles. The van der Waals surface area contributed by atoms with Crippen LogP contribution in [-0.4, -0.2) is 13.2 Å². The Bertz CT molecular complexity index is 498. The van der Waals surface area contributed by atoms with Crippen LogP contribution < -0.4 is 0 Å². The molecule has 0 N–H and O–H groups in total. The second kappa shape index (κ2) is 8.47. The first-order chi connectivity index (χ1) is 10.8. The number of hydrogen-bond acceptors (Lipinski definition) is 2. The van der Waals surface area contributed by atoms with Crippen molar-refractivity contribution in [1.29, 1.82) is 0 Å². The number of rotatable bonds is 7. The predicted octanol–water partition coefficient (Wildman–Crippen LogP) is 5.21. The lowest BCUT2D eigenvalue weighted by molar-refractivity contribution is 0.0154. The molecule has 0 aliphatic heterocycles. The number of ether oxygens (including phenoxy) is 2. The second-order valence-corrected chi connectivity index (χ2v) is 5.80. The highest BCUT2D eigenvalue weighted by molar-refractivity contribution is 5.26. The summed E-state index contributed by atoms with van der Waals surface area (Å²) < 4.78 is 11.6. The second-order valence-electron chi connectivity index (χ2n) is 5.80. The van der Waals surface area contributed by atoms with Crippen molar-refractivity contribution >= 4 is 0 Å². The summed E-state index contributed by atoms with van der Waals surface area (Å²) in [5.41, 5.74) is 1.33. The molecular formula is C20H26O2. The lowest BCUT2D eigenvalue weighted by atomic mass is 9.67. The van der Waals surface area contributed by atoms with Crippen LogP contribution in [0.3, 0.4) is 0 Å². The Labute approximate surface area is 134 Å². The van der Waals surface area contributed by atoms with E-state index in [9.17, 15) is 0 Å². The molecule has 0 amide bonds. The van der Waals surface area contributed by atoms with Gasteiger partial charge in [-0.25, -0.2) is 0 Å². The van der Waals surface area contributed by atoms with E-state index in [1.807, 2.05) is 26.0 Å². The van der Waals surface area contributed by atoms with Crippen LogP contribution in [0, 0.1) is 5.41 Å². The summed E-state index contributed by atoms with van der Waals surface area (Å²) in [6.45, 7) is 5.27. The Morgan fingerprint density at radius 1 is 1.00 bits per heavy atom. The Morgan fingerprint density at radius 2 is 1.64 bits per heavy atom. The average Bonchev–Trinajstić information content (AvgIpc) is 2.57. The summed E-state index contributed by atoms with van der Waals surface area (Å²) in [4.78, 5) is 0. The third kappa shape index (κ3) is 4.03. The molecule has 1 unspecified atom stereocenters. The van der Waals surface area contributed by atoms with Gasteiger partial charge in [-0.1, -0.05) is 54.6 Å². The van der Waals surface area contributed by atoms with Crippen LogP contribution in [0.25, 0.3) is 0 Å². The summed E-state index contributed by atoms with van der Waals surface area (Å²) in [6.07, 6.45) is 14.0. The average molecular weight is 298 g/mol. The summed E-state index contributed by atoms with van der Waals surface area (Å²) in [5.74, 6) is 0.411. The molecule has 0 saturated heterocycles. The van der Waals surface area contributed by atoms with E-state index < -0.39 is 0 Å². The molecule has 2 nitrogen and oxygen atoms in total. The molecule has 1 aliphatic carbocycles. The summed E-state index contributed by atoms with van der Waals surface area (Å²) in [7, 11) is 0. The highest BCUT2D eigenvalue weighted by Crippen LogP contribution is 2.45. The largest absolute Gasteiger partial charge is 0.501 e. The van der Waals surface area contributed by atoms with E-state index in [0.717, 1.165) is 12.8 Å². The minimum Gasteiger partial charge on any atom is -0.501 e. The van der Waals surface area contributed by atoms with Gasteiger partial charge in [-0.05, 0) is 38.2 Å². The standard InChI is InChI=1S/C20H26O2/c1-3-14-21-16-20(17-22-15-4-2)13-9-8-12-19(20)18-10-6-5-7-11-18/h3-11,14-15,19H,12-13,16-17H2,1-2H3. The number of allylic oxidation sites excluding steroid dienone is 4. The van der Waals surface area contributed by atoms with Gasteiger partial charge >= 0.3 is 0 Å². The van der Waals surface area contributed by atoms with E-state index in [4.69, 9.17) is 9.47 Å². The molecule has 0 heterocycles. The summed E-state index contributed by atoms with van der Waals surface area (Å²) >= 11 is 0. The van der Waals surface area contributed by atoms with Gasteiger partial charge in [0.05, 0.1) is 25.7 Å². The van der Waals surface area contributed by atoms with Crippen LogP contribution in [0.2, 0.25) is 0 Å². The zero-order valence-corrected chi connectivity index (χ0v) is 13.6. The molecule has 0 fully saturated rings. The Balaban J connectivity index is 2.26. The van der Waals surface area contributed by atoms with Crippen LogP contribution in [-0.2, 0) is 9.47 Å². The van der Waals surface area contributed by atoms with Gasteiger partial charge in [0.15, 0.2) is 0 Å². The van der Waals surface area contributed by atoms with Gasteiger partial charge in [0.2, 0.25) is 0 Å². The van der Waals surface area contributed by atoms with Gasteiger partial charge in [-0.2, -0.15) is 0 Å². The van der Waals surface area contributed by atoms with Gasteiger partial charge in [-0.3, -0.25) is 0 Å². The van der Waals surface area contributed by atoms with Crippen LogP contribution in [0.5, 0.6) is 0 Å². The van der Waals surface area contributed by atoms with E-state index in [-0.39, 0.29) is 5.41 Å². The molecule has 2 rings (SSSR count). The maximum absolute atomic E-state index is 5.79. The summed E-state index contributed by atoms with van der Waals surface area (Å²) in [5, 5.41) is 0. The minimum absolute atomic E-state index is 0.0326. The molecule has 0 bridgehead atoms. The topological polar surface area (TPSA) is 18.5 Å². The lowest BCUT2D eigenvalue weighted by Crippen LogP contribution is -2.38. The number of hydrogen-bond donors (Lipinski definition) is 0. The molecule has 1 aromatic carbocycles. The zero-order chi connectivity index (χ0) is 15.7.